The molecule has 0 aliphatic carbocycles. The van der Waals surface area contributed by atoms with E-state index in [2.05, 4.69) is 38.6 Å². The Bertz CT molecular complexity index is 1230. The Balaban J connectivity index is 1.48. The molecule has 3 aromatic rings. The monoisotopic (exact) mass is 525 g/mol. The summed E-state index contributed by atoms with van der Waals surface area (Å²) in [5, 5.41) is 7.84. The molecule has 2 aliphatic heterocycles. The largest absolute Gasteiger partial charge is 0.490 e. The van der Waals surface area contributed by atoms with Crippen molar-refractivity contribution in [2.45, 2.75) is 13.0 Å². The predicted octanol–water partition coefficient (Wildman–Crippen LogP) is 2.95. The van der Waals surface area contributed by atoms with Crippen molar-refractivity contribution in [2.75, 3.05) is 78.9 Å². The Hall–Kier alpha value is -3.38. The third-order valence-corrected chi connectivity index (χ3v) is 6.35. The molecule has 5 rings (SSSR count). The van der Waals surface area contributed by atoms with Gasteiger partial charge in [0.1, 0.15) is 18.8 Å². The van der Waals surface area contributed by atoms with Crippen molar-refractivity contribution in [1.29, 1.82) is 0 Å². The van der Waals surface area contributed by atoms with E-state index in [4.69, 9.17) is 28.4 Å². The van der Waals surface area contributed by atoms with E-state index in [1.165, 1.54) is 0 Å². The first-order chi connectivity index (χ1) is 18.7. The molecule has 0 atom stereocenters. The summed E-state index contributed by atoms with van der Waals surface area (Å²) >= 11 is 0. The summed E-state index contributed by atoms with van der Waals surface area (Å²) in [4.78, 5) is 11.4. The maximum Gasteiger partial charge on any atom is 0.231 e. The van der Waals surface area contributed by atoms with E-state index < -0.39 is 0 Å². The number of aromatic nitrogens is 2. The van der Waals surface area contributed by atoms with E-state index >= 15 is 0 Å². The second kappa shape index (κ2) is 12.9. The van der Waals surface area contributed by atoms with Gasteiger partial charge in [0, 0.05) is 38.2 Å². The van der Waals surface area contributed by atoms with Gasteiger partial charge in [0.15, 0.2) is 23.0 Å². The lowest BCUT2D eigenvalue weighted by atomic mass is 10.1. The molecule has 2 bridgehead atoms. The fourth-order valence-corrected chi connectivity index (χ4v) is 4.39. The summed E-state index contributed by atoms with van der Waals surface area (Å²) in [7, 11) is 3.76. The summed E-state index contributed by atoms with van der Waals surface area (Å²) in [5.41, 5.74) is 2.65. The van der Waals surface area contributed by atoms with Gasteiger partial charge >= 0.3 is 0 Å². The average Bonchev–Trinajstić information content (AvgIpc) is 3.40. The summed E-state index contributed by atoms with van der Waals surface area (Å²) in [6.07, 6.45) is 2.41. The molecule has 0 saturated carbocycles. The number of ether oxygens (including phenoxy) is 6. The molecule has 0 spiro atoms. The lowest BCUT2D eigenvalue weighted by molar-refractivity contribution is 0.0539. The van der Waals surface area contributed by atoms with Crippen LogP contribution in [-0.4, -0.2) is 88.5 Å². The number of nitrogens with one attached hydrogen (secondary N) is 2. The van der Waals surface area contributed by atoms with Crippen molar-refractivity contribution in [3.05, 3.63) is 36.2 Å². The van der Waals surface area contributed by atoms with Crippen molar-refractivity contribution in [2.24, 2.45) is 0 Å². The minimum Gasteiger partial charge on any atom is -0.490 e. The number of fused-ring (bicyclic) bond motifs is 4. The highest BCUT2D eigenvalue weighted by atomic mass is 16.7. The van der Waals surface area contributed by atoms with Crippen LogP contribution in [-0.2, 0) is 16.0 Å². The maximum absolute atomic E-state index is 6.19. The Morgan fingerprint density at radius 3 is 2.84 bits per heavy atom. The second-order valence-corrected chi connectivity index (χ2v) is 9.14. The number of hydrogen-bond acceptors (Lipinski definition) is 11. The van der Waals surface area contributed by atoms with Crippen LogP contribution in [0.15, 0.2) is 30.6 Å². The number of rotatable bonds is 7. The lowest BCUT2D eigenvalue weighted by Gasteiger charge is -2.21. The van der Waals surface area contributed by atoms with Crippen molar-refractivity contribution >= 4 is 22.4 Å². The SMILES string of the molecule is COCCOCCOc1cc2ncnc3c2cc1OCCCNCCN(C)Cc1ccc2c(c1N3)OCO2. The van der Waals surface area contributed by atoms with Gasteiger partial charge in [-0.05, 0) is 37.7 Å². The average molecular weight is 526 g/mol. The number of methoxy groups -OCH3 is 1. The van der Waals surface area contributed by atoms with Crippen molar-refractivity contribution in [3.8, 4) is 23.0 Å². The molecule has 0 amide bonds. The number of anilines is 2. The standard InChI is InChI=1S/C27H35N5O6/c1-32-8-7-28-6-3-9-35-23-14-20-21(15-24(23)36-13-12-34-11-10-33-2)29-17-30-27(20)31-25-19(16-32)4-5-22-26(25)38-18-37-22/h4-5,14-15,17,28H,3,6-13,16,18H2,1-2H3,(H,29,30,31). The summed E-state index contributed by atoms with van der Waals surface area (Å²) < 4.78 is 34.3. The highest BCUT2D eigenvalue weighted by Gasteiger charge is 2.23. The topological polar surface area (TPSA) is 108 Å². The van der Waals surface area contributed by atoms with E-state index in [0.29, 0.717) is 61.9 Å². The van der Waals surface area contributed by atoms with Gasteiger partial charge in [-0.15, -0.1) is 0 Å². The van der Waals surface area contributed by atoms with E-state index in [0.717, 1.165) is 54.8 Å². The lowest BCUT2D eigenvalue weighted by Crippen LogP contribution is -2.30. The summed E-state index contributed by atoms with van der Waals surface area (Å²) in [6, 6.07) is 7.85. The van der Waals surface area contributed by atoms with E-state index in [1.54, 1.807) is 13.4 Å². The fraction of sp³-hybridized carbons (Fsp3) is 0.481. The van der Waals surface area contributed by atoms with Crippen molar-refractivity contribution in [3.63, 3.8) is 0 Å². The van der Waals surface area contributed by atoms with Crippen LogP contribution < -0.4 is 29.6 Å². The van der Waals surface area contributed by atoms with E-state index in [1.807, 2.05) is 18.2 Å². The Morgan fingerprint density at radius 2 is 1.92 bits per heavy atom. The first-order valence-electron chi connectivity index (χ1n) is 12.9. The van der Waals surface area contributed by atoms with Gasteiger partial charge < -0.3 is 44.0 Å². The van der Waals surface area contributed by atoms with E-state index in [9.17, 15) is 0 Å². The normalized spacial score (nSPS) is 16.2. The minimum atomic E-state index is 0.186. The van der Waals surface area contributed by atoms with Gasteiger partial charge in [0.05, 0.1) is 37.6 Å². The maximum atomic E-state index is 6.19. The van der Waals surface area contributed by atoms with Gasteiger partial charge in [-0.3, -0.25) is 0 Å². The van der Waals surface area contributed by atoms with Crippen LogP contribution in [0, 0.1) is 0 Å². The molecule has 0 unspecified atom stereocenters. The molecule has 2 N–H and O–H groups in total. The number of likely N-dealkylation sites (N-methyl/N-ethyl adjacent to an activating group) is 1. The molecule has 11 heteroatoms. The van der Waals surface area contributed by atoms with Gasteiger partial charge in [-0.25, -0.2) is 9.97 Å². The third kappa shape index (κ3) is 6.36. The predicted molar refractivity (Wildman–Crippen MR) is 143 cm³/mol. The zero-order valence-corrected chi connectivity index (χ0v) is 22.0. The highest BCUT2D eigenvalue weighted by molar-refractivity contribution is 5.94. The van der Waals surface area contributed by atoms with Crippen LogP contribution >= 0.6 is 0 Å². The molecule has 1 aromatic heterocycles. The molecule has 2 aliphatic rings. The molecular weight excluding hydrogens is 490 g/mol. The highest BCUT2D eigenvalue weighted by Crippen LogP contribution is 2.44. The zero-order valence-electron chi connectivity index (χ0n) is 22.0. The van der Waals surface area contributed by atoms with E-state index in [-0.39, 0.29) is 6.79 Å². The number of nitrogens with zero attached hydrogens (tertiary/aromatic N) is 3. The minimum absolute atomic E-state index is 0.186. The zero-order chi connectivity index (χ0) is 26.2. The first-order valence-corrected chi connectivity index (χ1v) is 12.9. The fourth-order valence-electron chi connectivity index (χ4n) is 4.39. The molecule has 11 nitrogen and oxygen atoms in total. The van der Waals surface area contributed by atoms with Crippen molar-refractivity contribution in [1.82, 2.24) is 20.2 Å². The van der Waals surface area contributed by atoms with Gasteiger partial charge in [0.2, 0.25) is 6.79 Å². The van der Waals surface area contributed by atoms with Crippen LogP contribution in [0.3, 0.4) is 0 Å². The molecule has 0 radical (unpaired) electrons. The van der Waals surface area contributed by atoms with Crippen LogP contribution in [0.1, 0.15) is 12.0 Å². The Kier molecular flexibility index (Phi) is 8.92. The summed E-state index contributed by atoms with van der Waals surface area (Å²) in [6.45, 7) is 6.00. The quantitative estimate of drug-likeness (QED) is 0.445. The Morgan fingerprint density at radius 1 is 1.00 bits per heavy atom. The smallest absolute Gasteiger partial charge is 0.231 e. The second-order valence-electron chi connectivity index (χ2n) is 9.14. The van der Waals surface area contributed by atoms with Crippen LogP contribution in [0.2, 0.25) is 0 Å². The molecule has 3 heterocycles. The molecule has 204 valence electrons. The molecule has 0 fully saturated rings. The molecule has 0 saturated heterocycles. The first kappa shape index (κ1) is 26.2. The van der Waals surface area contributed by atoms with Gasteiger partial charge in [-0.1, -0.05) is 6.07 Å². The van der Waals surface area contributed by atoms with Crippen LogP contribution in [0.5, 0.6) is 23.0 Å². The number of benzene rings is 2. The Labute approximate surface area is 222 Å². The van der Waals surface area contributed by atoms with Crippen LogP contribution in [0.4, 0.5) is 11.5 Å². The summed E-state index contributed by atoms with van der Waals surface area (Å²) in [5.74, 6) is 3.30. The molecular formula is C27H35N5O6. The van der Waals surface area contributed by atoms with Gasteiger partial charge in [0.25, 0.3) is 0 Å². The number of hydrogen-bond donors (Lipinski definition) is 2. The van der Waals surface area contributed by atoms with Gasteiger partial charge in [-0.2, -0.15) is 0 Å². The molecule has 2 aromatic carbocycles. The van der Waals surface area contributed by atoms with Crippen molar-refractivity contribution < 1.29 is 28.4 Å². The molecule has 38 heavy (non-hydrogen) atoms. The third-order valence-electron chi connectivity index (χ3n) is 6.35. The van der Waals surface area contributed by atoms with Crippen LogP contribution in [0.25, 0.3) is 10.9 Å².